The number of carbonyl (C=O) groups is 2. The molecule has 4 heterocycles. The van der Waals surface area contributed by atoms with Crippen LogP contribution < -0.4 is 10.6 Å². The van der Waals surface area contributed by atoms with E-state index in [0.29, 0.717) is 42.8 Å². The Kier molecular flexibility index (Phi) is 8.50. The van der Waals surface area contributed by atoms with Gasteiger partial charge >= 0.3 is 0 Å². The molecular weight excluding hydrogens is 620 g/mol. The Balaban J connectivity index is 1.29. The first-order valence-electron chi connectivity index (χ1n) is 14.6. The number of aromatic amines is 2. The van der Waals surface area contributed by atoms with Gasteiger partial charge in [0.15, 0.2) is 5.82 Å². The molecule has 4 aromatic rings. The second-order valence-corrected chi connectivity index (χ2v) is 13.9. The molecule has 2 aromatic heterocycles. The Hall–Kier alpha value is -4.44. The lowest BCUT2D eigenvalue weighted by molar-refractivity contribution is 0.0342. The molecule has 242 valence electrons. The van der Waals surface area contributed by atoms with Crippen molar-refractivity contribution in [3.8, 4) is 0 Å². The third-order valence-electron chi connectivity index (χ3n) is 8.09. The number of benzene rings is 2. The number of amides is 2. The van der Waals surface area contributed by atoms with Crippen LogP contribution in [-0.4, -0.2) is 77.5 Å². The number of fused-ring (bicyclic) bond motifs is 1. The van der Waals surface area contributed by atoms with Gasteiger partial charge in [-0.2, -0.15) is 9.40 Å². The summed E-state index contributed by atoms with van der Waals surface area (Å²) < 4.78 is 61.5. The molecule has 0 radical (unpaired) electrons. The van der Waals surface area contributed by atoms with Crippen molar-refractivity contribution in [2.45, 2.75) is 37.2 Å². The van der Waals surface area contributed by atoms with Gasteiger partial charge < -0.3 is 20.4 Å². The monoisotopic (exact) mass is 653 g/mol. The Morgan fingerprint density at radius 3 is 2.46 bits per heavy atom. The van der Waals surface area contributed by atoms with Gasteiger partial charge in [-0.15, -0.1) is 0 Å². The second kappa shape index (κ2) is 12.4. The van der Waals surface area contributed by atoms with Gasteiger partial charge in [0, 0.05) is 61.7 Å². The Bertz CT molecular complexity index is 1870. The zero-order chi connectivity index (χ0) is 32.6. The fourth-order valence-electron chi connectivity index (χ4n) is 5.78. The first kappa shape index (κ1) is 31.5. The van der Waals surface area contributed by atoms with E-state index in [1.165, 1.54) is 0 Å². The van der Waals surface area contributed by atoms with Crippen molar-refractivity contribution in [1.29, 1.82) is 0 Å². The lowest BCUT2D eigenvalue weighted by Gasteiger charge is -2.36. The van der Waals surface area contributed by atoms with Crippen LogP contribution in [-0.2, 0) is 33.3 Å². The van der Waals surface area contributed by atoms with E-state index in [0.717, 1.165) is 35.1 Å². The molecular formula is C31H33F2N7O5S. The predicted octanol–water partition coefficient (Wildman–Crippen LogP) is 3.83. The molecule has 6 rings (SSSR count). The van der Waals surface area contributed by atoms with Gasteiger partial charge in [-0.3, -0.25) is 19.6 Å². The van der Waals surface area contributed by atoms with Gasteiger partial charge in [0.05, 0.1) is 29.4 Å². The van der Waals surface area contributed by atoms with Crippen molar-refractivity contribution in [2.75, 3.05) is 43.5 Å². The number of sulfonamides is 1. The molecule has 12 nitrogen and oxygen atoms in total. The third-order valence-corrected chi connectivity index (χ3v) is 9.85. The van der Waals surface area contributed by atoms with E-state index >= 15 is 0 Å². The van der Waals surface area contributed by atoms with Gasteiger partial charge in [0.25, 0.3) is 11.8 Å². The molecule has 0 unspecified atom stereocenters. The number of aromatic nitrogens is 3. The number of nitrogens with one attached hydrogen (secondary N) is 4. The largest absolute Gasteiger partial charge is 0.379 e. The summed E-state index contributed by atoms with van der Waals surface area (Å²) in [7, 11) is -4.32. The van der Waals surface area contributed by atoms with Crippen LogP contribution in [0.1, 0.15) is 51.5 Å². The minimum absolute atomic E-state index is 0.00439. The van der Waals surface area contributed by atoms with Gasteiger partial charge in [0.2, 0.25) is 10.0 Å². The molecule has 2 aliphatic rings. The van der Waals surface area contributed by atoms with E-state index in [2.05, 4.69) is 30.7 Å². The standard InChI is InChI=1S/C31H33F2N7O5S/c1-31(2)18-40(46(43,44)22-14-20(32)13-21(33)15-22)17-24-27(31)37-38-28(24)36-29(41)23-6-5-19(16-39-8-10-45-11-9-39)12-26(23)35-30(42)25-4-3-7-34-25/h3-7,12-15,34H,8-11,16-18H2,1-2H3,(H,35,42)(H2,36,37,38,41). The molecule has 1 saturated heterocycles. The van der Waals surface area contributed by atoms with Crippen molar-refractivity contribution in [3.63, 3.8) is 0 Å². The molecule has 15 heteroatoms. The predicted molar refractivity (Wildman–Crippen MR) is 165 cm³/mol. The zero-order valence-electron chi connectivity index (χ0n) is 25.2. The summed E-state index contributed by atoms with van der Waals surface area (Å²) in [5.41, 5.74) is 1.87. The minimum Gasteiger partial charge on any atom is -0.379 e. The number of morpholine rings is 1. The summed E-state index contributed by atoms with van der Waals surface area (Å²) >= 11 is 0. The highest BCUT2D eigenvalue weighted by atomic mass is 32.2. The maximum atomic E-state index is 13.9. The summed E-state index contributed by atoms with van der Waals surface area (Å²) in [6.07, 6.45) is 1.62. The lowest BCUT2D eigenvalue weighted by atomic mass is 9.84. The normalized spacial score (nSPS) is 17.0. The van der Waals surface area contributed by atoms with Gasteiger partial charge in [0.1, 0.15) is 17.3 Å². The number of ether oxygens (including phenoxy) is 1. The fraction of sp³-hybridized carbons (Fsp3) is 0.323. The van der Waals surface area contributed by atoms with E-state index in [1.807, 2.05) is 6.07 Å². The van der Waals surface area contributed by atoms with E-state index in [9.17, 15) is 26.8 Å². The van der Waals surface area contributed by atoms with Crippen LogP contribution in [0.15, 0.2) is 59.6 Å². The SMILES string of the molecule is CC1(C)CN(S(=O)(=O)c2cc(F)cc(F)c2)Cc2c(NC(=O)c3ccc(CN4CCOCC4)cc3NC(=O)c3ccc[nH]3)n[nH]c21. The van der Waals surface area contributed by atoms with Crippen LogP contribution >= 0.6 is 0 Å². The molecule has 0 atom stereocenters. The van der Waals surface area contributed by atoms with Gasteiger partial charge in [-0.25, -0.2) is 17.2 Å². The maximum Gasteiger partial charge on any atom is 0.272 e. The van der Waals surface area contributed by atoms with E-state index in [-0.39, 0.29) is 30.2 Å². The smallest absolute Gasteiger partial charge is 0.272 e. The van der Waals surface area contributed by atoms with Gasteiger partial charge in [-0.05, 0) is 42.0 Å². The van der Waals surface area contributed by atoms with Crippen LogP contribution in [0.3, 0.4) is 0 Å². The first-order valence-corrected chi connectivity index (χ1v) is 16.1. The minimum atomic E-state index is -4.32. The van der Waals surface area contributed by atoms with Crippen LogP contribution in [0.25, 0.3) is 0 Å². The Morgan fingerprint density at radius 2 is 1.76 bits per heavy atom. The van der Waals surface area contributed by atoms with Crippen molar-refractivity contribution in [3.05, 3.63) is 94.4 Å². The number of halogens is 2. The highest BCUT2D eigenvalue weighted by Crippen LogP contribution is 2.38. The zero-order valence-corrected chi connectivity index (χ0v) is 26.0. The number of nitrogens with zero attached hydrogens (tertiary/aromatic N) is 3. The summed E-state index contributed by atoms with van der Waals surface area (Å²) in [6, 6.07) is 10.6. The number of carbonyl (C=O) groups excluding carboxylic acids is 2. The summed E-state index contributed by atoms with van der Waals surface area (Å²) in [6.45, 7) is 6.74. The van der Waals surface area contributed by atoms with Crippen molar-refractivity contribution < 1.29 is 31.5 Å². The molecule has 0 spiro atoms. The Labute approximate surface area is 264 Å². The van der Waals surface area contributed by atoms with Crippen molar-refractivity contribution >= 4 is 33.3 Å². The third kappa shape index (κ3) is 6.44. The molecule has 2 aliphatic heterocycles. The highest BCUT2D eigenvalue weighted by Gasteiger charge is 2.41. The average molecular weight is 654 g/mol. The van der Waals surface area contributed by atoms with Crippen molar-refractivity contribution in [1.82, 2.24) is 24.4 Å². The number of rotatable bonds is 8. The van der Waals surface area contributed by atoms with Crippen LogP contribution in [0.2, 0.25) is 0 Å². The number of hydrogen-bond donors (Lipinski definition) is 4. The van der Waals surface area contributed by atoms with E-state index in [1.54, 1.807) is 44.3 Å². The molecule has 1 fully saturated rings. The highest BCUT2D eigenvalue weighted by molar-refractivity contribution is 7.89. The fourth-order valence-corrected chi connectivity index (χ4v) is 7.39. The molecule has 2 aromatic carbocycles. The molecule has 2 amide bonds. The summed E-state index contributed by atoms with van der Waals surface area (Å²) in [5.74, 6) is -2.95. The first-order chi connectivity index (χ1) is 21.9. The van der Waals surface area contributed by atoms with Crippen molar-refractivity contribution in [2.24, 2.45) is 0 Å². The molecule has 46 heavy (non-hydrogen) atoms. The number of hydrogen-bond acceptors (Lipinski definition) is 7. The van der Waals surface area contributed by atoms with Crippen LogP contribution in [0.5, 0.6) is 0 Å². The van der Waals surface area contributed by atoms with Gasteiger partial charge in [-0.1, -0.05) is 19.9 Å². The molecule has 0 aliphatic carbocycles. The summed E-state index contributed by atoms with van der Waals surface area (Å²) in [5, 5.41) is 12.8. The average Bonchev–Trinajstić information content (AvgIpc) is 3.69. The maximum absolute atomic E-state index is 13.9. The molecule has 0 bridgehead atoms. The van der Waals surface area contributed by atoms with Crippen LogP contribution in [0, 0.1) is 11.6 Å². The lowest BCUT2D eigenvalue weighted by Crippen LogP contribution is -2.45. The number of anilines is 2. The van der Waals surface area contributed by atoms with E-state index in [4.69, 9.17) is 4.74 Å². The summed E-state index contributed by atoms with van der Waals surface area (Å²) in [4.78, 5) is 31.3. The quantitative estimate of drug-likeness (QED) is 0.226. The number of H-pyrrole nitrogens is 2. The topological polar surface area (TPSA) is 153 Å². The second-order valence-electron chi connectivity index (χ2n) is 11.9. The van der Waals surface area contributed by atoms with E-state index < -0.39 is 43.8 Å². The van der Waals surface area contributed by atoms with Crippen LogP contribution in [0.4, 0.5) is 20.3 Å². The molecule has 4 N–H and O–H groups in total. The molecule has 0 saturated carbocycles. The Morgan fingerprint density at radius 1 is 1.02 bits per heavy atom.